The van der Waals surface area contributed by atoms with E-state index < -0.39 is 0 Å². The van der Waals surface area contributed by atoms with Crippen molar-refractivity contribution in [3.8, 4) is 5.75 Å². The van der Waals surface area contributed by atoms with Gasteiger partial charge in [0.1, 0.15) is 5.75 Å². The van der Waals surface area contributed by atoms with Crippen LogP contribution in [0.3, 0.4) is 0 Å². The first-order chi connectivity index (χ1) is 13.9. The van der Waals surface area contributed by atoms with Crippen LogP contribution in [-0.2, 0) is 17.8 Å². The molecule has 2 aromatic rings. The molecule has 164 valence electrons. The average molecular weight is 545 g/mol. The van der Waals surface area contributed by atoms with Crippen LogP contribution in [0.2, 0.25) is 5.02 Å². The van der Waals surface area contributed by atoms with Gasteiger partial charge in [0.25, 0.3) is 0 Å². The first-order valence-corrected chi connectivity index (χ1v) is 10.2. The van der Waals surface area contributed by atoms with Crippen LogP contribution in [0, 0.1) is 0 Å². The minimum absolute atomic E-state index is 0. The molecule has 0 bridgehead atoms. The number of morpholine rings is 1. The van der Waals surface area contributed by atoms with Gasteiger partial charge in [-0.25, -0.2) is 4.99 Å². The summed E-state index contributed by atoms with van der Waals surface area (Å²) in [5, 5.41) is 3.57. The zero-order valence-corrected chi connectivity index (χ0v) is 20.7. The smallest absolute Gasteiger partial charge is 0.193 e. The van der Waals surface area contributed by atoms with E-state index in [1.807, 2.05) is 6.07 Å². The van der Waals surface area contributed by atoms with Crippen molar-refractivity contribution < 1.29 is 9.47 Å². The van der Waals surface area contributed by atoms with Gasteiger partial charge in [0.05, 0.1) is 30.9 Å². The van der Waals surface area contributed by atoms with Crippen molar-refractivity contribution in [1.82, 2.24) is 4.90 Å². The number of halogens is 2. The third kappa shape index (κ3) is 7.30. The van der Waals surface area contributed by atoms with E-state index >= 15 is 0 Å². The van der Waals surface area contributed by atoms with Gasteiger partial charge in [0.2, 0.25) is 0 Å². The van der Waals surface area contributed by atoms with Gasteiger partial charge in [0, 0.05) is 25.3 Å². The fraction of sp³-hybridized carbons (Fsp3) is 0.409. The highest BCUT2D eigenvalue weighted by molar-refractivity contribution is 14.0. The number of nitrogens with one attached hydrogen (secondary N) is 1. The summed E-state index contributed by atoms with van der Waals surface area (Å²) in [6, 6.07) is 13.9. The highest BCUT2D eigenvalue weighted by atomic mass is 127. The lowest BCUT2D eigenvalue weighted by Crippen LogP contribution is -2.44. The predicted octanol–water partition coefficient (Wildman–Crippen LogP) is 4.50. The highest BCUT2D eigenvalue weighted by Gasteiger charge is 2.21. The summed E-state index contributed by atoms with van der Waals surface area (Å²) < 4.78 is 10.9. The van der Waals surface area contributed by atoms with Gasteiger partial charge >= 0.3 is 0 Å². The Kier molecular flexibility index (Phi) is 9.67. The van der Waals surface area contributed by atoms with Gasteiger partial charge in [-0.05, 0) is 43.2 Å². The molecule has 0 aromatic heterocycles. The number of benzene rings is 2. The molecule has 3 N–H and O–H groups in total. The van der Waals surface area contributed by atoms with Crippen molar-refractivity contribution in [1.29, 1.82) is 0 Å². The molecule has 1 fully saturated rings. The van der Waals surface area contributed by atoms with Crippen LogP contribution in [0.5, 0.6) is 5.75 Å². The molecule has 0 radical (unpaired) electrons. The summed E-state index contributed by atoms with van der Waals surface area (Å²) >= 11 is 6.13. The summed E-state index contributed by atoms with van der Waals surface area (Å²) in [6.07, 6.45) is 0.562. The summed E-state index contributed by atoms with van der Waals surface area (Å²) in [6.45, 7) is 7.63. The van der Waals surface area contributed by atoms with Crippen molar-refractivity contribution in [3.05, 3.63) is 58.6 Å². The number of nitrogens with zero attached hydrogens (tertiary/aromatic N) is 2. The van der Waals surface area contributed by atoms with Crippen LogP contribution in [0.15, 0.2) is 47.5 Å². The minimum atomic E-state index is 0. The van der Waals surface area contributed by atoms with Crippen molar-refractivity contribution in [2.24, 2.45) is 10.7 Å². The number of guanidine groups is 1. The molecule has 0 saturated carbocycles. The Morgan fingerprint density at radius 3 is 2.40 bits per heavy atom. The maximum absolute atomic E-state index is 6.13. The van der Waals surface area contributed by atoms with Crippen molar-refractivity contribution in [3.63, 3.8) is 0 Å². The topological polar surface area (TPSA) is 72.1 Å². The number of anilines is 1. The van der Waals surface area contributed by atoms with E-state index in [0.717, 1.165) is 30.9 Å². The molecule has 0 aliphatic carbocycles. The Morgan fingerprint density at radius 2 is 1.80 bits per heavy atom. The quantitative estimate of drug-likeness (QED) is 0.318. The van der Waals surface area contributed by atoms with Gasteiger partial charge in [-0.3, -0.25) is 4.90 Å². The van der Waals surface area contributed by atoms with E-state index in [-0.39, 0.29) is 36.2 Å². The number of rotatable bonds is 6. The molecule has 1 aliphatic rings. The molecule has 1 saturated heterocycles. The van der Waals surface area contributed by atoms with E-state index in [1.54, 1.807) is 19.2 Å². The van der Waals surface area contributed by atoms with Crippen LogP contribution in [0.4, 0.5) is 5.69 Å². The van der Waals surface area contributed by atoms with Crippen molar-refractivity contribution in [2.75, 3.05) is 25.5 Å². The first-order valence-electron chi connectivity index (χ1n) is 9.79. The molecule has 0 spiro atoms. The molecular weight excluding hydrogens is 515 g/mol. The molecule has 30 heavy (non-hydrogen) atoms. The summed E-state index contributed by atoms with van der Waals surface area (Å²) in [5.41, 5.74) is 9.16. The van der Waals surface area contributed by atoms with Crippen LogP contribution < -0.4 is 15.8 Å². The van der Waals surface area contributed by atoms with E-state index in [9.17, 15) is 0 Å². The van der Waals surface area contributed by atoms with Gasteiger partial charge in [-0.2, -0.15) is 0 Å². The first kappa shape index (κ1) is 24.7. The van der Waals surface area contributed by atoms with E-state index in [4.69, 9.17) is 26.8 Å². The lowest BCUT2D eigenvalue weighted by Gasteiger charge is -2.35. The van der Waals surface area contributed by atoms with Crippen LogP contribution in [0.1, 0.15) is 25.0 Å². The third-order valence-electron chi connectivity index (χ3n) is 4.78. The highest BCUT2D eigenvalue weighted by Crippen LogP contribution is 2.27. The summed E-state index contributed by atoms with van der Waals surface area (Å²) in [5.74, 6) is 0.959. The number of aliphatic imine (C=N–C) groups is 1. The average Bonchev–Trinajstić information content (AvgIpc) is 2.67. The number of hydrogen-bond donors (Lipinski definition) is 2. The van der Waals surface area contributed by atoms with Gasteiger partial charge in [-0.15, -0.1) is 24.0 Å². The predicted molar refractivity (Wildman–Crippen MR) is 134 cm³/mol. The fourth-order valence-electron chi connectivity index (χ4n) is 3.53. The Bertz CT molecular complexity index is 838. The number of nitrogens with two attached hydrogens (primary N) is 1. The summed E-state index contributed by atoms with van der Waals surface area (Å²) in [7, 11) is 1.58. The number of methoxy groups -OCH3 is 1. The molecule has 1 aliphatic heterocycles. The lowest BCUT2D eigenvalue weighted by molar-refractivity contribution is -0.0704. The normalized spacial score (nSPS) is 19.8. The Balaban J connectivity index is 0.00000320. The molecule has 2 unspecified atom stereocenters. The maximum atomic E-state index is 6.13. The number of ether oxygens (including phenoxy) is 2. The molecule has 6 nitrogen and oxygen atoms in total. The van der Waals surface area contributed by atoms with Gasteiger partial charge < -0.3 is 20.5 Å². The van der Waals surface area contributed by atoms with Crippen LogP contribution in [-0.4, -0.2) is 43.3 Å². The third-order valence-corrected chi connectivity index (χ3v) is 5.08. The zero-order chi connectivity index (χ0) is 20.8. The van der Waals surface area contributed by atoms with Crippen LogP contribution in [0.25, 0.3) is 0 Å². The minimum Gasteiger partial charge on any atom is -0.495 e. The monoisotopic (exact) mass is 544 g/mol. The van der Waals surface area contributed by atoms with E-state index in [0.29, 0.717) is 23.3 Å². The second-order valence-electron chi connectivity index (χ2n) is 7.44. The Hall–Kier alpha value is -1.55. The molecule has 3 rings (SSSR count). The standard InChI is InChI=1S/C22H29ClN4O2.HI/c1-15-12-27(13-16(2)29-15)14-18-6-4-17(5-7-18)11-25-22(24)26-19-8-9-21(28-3)20(23)10-19;/h4-10,15-16H,11-14H2,1-3H3,(H3,24,25,26);1H. The Morgan fingerprint density at radius 1 is 1.17 bits per heavy atom. The second-order valence-corrected chi connectivity index (χ2v) is 7.85. The largest absolute Gasteiger partial charge is 0.495 e. The number of hydrogen-bond acceptors (Lipinski definition) is 4. The molecular formula is C22H30ClIN4O2. The molecule has 2 aromatic carbocycles. The van der Waals surface area contributed by atoms with Crippen molar-refractivity contribution in [2.45, 2.75) is 39.1 Å². The summed E-state index contributed by atoms with van der Waals surface area (Å²) in [4.78, 5) is 6.85. The zero-order valence-electron chi connectivity index (χ0n) is 17.6. The van der Waals surface area contributed by atoms with Crippen molar-refractivity contribution >= 4 is 47.2 Å². The Labute approximate surface area is 200 Å². The molecule has 8 heteroatoms. The lowest BCUT2D eigenvalue weighted by atomic mass is 10.1. The maximum Gasteiger partial charge on any atom is 0.193 e. The van der Waals surface area contributed by atoms with Crippen LogP contribution >= 0.6 is 35.6 Å². The molecule has 0 amide bonds. The molecule has 1 heterocycles. The SMILES string of the molecule is COc1ccc(NC(N)=NCc2ccc(CN3CC(C)OC(C)C3)cc2)cc1Cl.I. The van der Waals surface area contributed by atoms with E-state index in [1.165, 1.54) is 5.56 Å². The molecule has 2 atom stereocenters. The fourth-order valence-corrected chi connectivity index (χ4v) is 3.79. The second kappa shape index (κ2) is 11.7. The van der Waals surface area contributed by atoms with Gasteiger partial charge in [0.15, 0.2) is 5.96 Å². The van der Waals surface area contributed by atoms with E-state index in [2.05, 4.69) is 53.3 Å². The van der Waals surface area contributed by atoms with Gasteiger partial charge in [-0.1, -0.05) is 35.9 Å².